The van der Waals surface area contributed by atoms with Crippen LogP contribution in [0.3, 0.4) is 0 Å². The third-order valence-electron chi connectivity index (χ3n) is 2.35. The predicted molar refractivity (Wildman–Crippen MR) is 82.1 cm³/mol. The molecule has 0 aromatic heterocycles. The average molecular weight is 355 g/mol. The number of nitrogens with one attached hydrogen (secondary N) is 1. The number of carbonyl (C=O) groups is 2. The first kappa shape index (κ1) is 16.9. The minimum atomic E-state index is -0.709. The molecule has 0 aliphatic heterocycles. The molecule has 1 aromatic rings. The molecule has 0 radical (unpaired) electrons. The van der Waals surface area contributed by atoms with Crippen molar-refractivity contribution >= 4 is 34.0 Å². The highest BCUT2D eigenvalue weighted by molar-refractivity contribution is 9.10. The summed E-state index contributed by atoms with van der Waals surface area (Å²) in [5.41, 5.74) is 2.56. The summed E-state index contributed by atoms with van der Waals surface area (Å²) < 4.78 is 5.61. The van der Waals surface area contributed by atoms with Crippen molar-refractivity contribution in [2.75, 3.05) is 6.61 Å². The minimum absolute atomic E-state index is 0.118. The number of benzene rings is 1. The number of hydrogen-bond acceptors (Lipinski definition) is 5. The number of aliphatic hydroxyl groups is 1. The number of rotatable bonds is 5. The van der Waals surface area contributed by atoms with Crippen molar-refractivity contribution in [2.45, 2.75) is 13.8 Å². The van der Waals surface area contributed by atoms with Gasteiger partial charge >= 0.3 is 5.97 Å². The van der Waals surface area contributed by atoms with Crippen molar-refractivity contribution in [3.05, 3.63) is 45.6 Å². The van der Waals surface area contributed by atoms with Crippen LogP contribution in [0.2, 0.25) is 0 Å². The van der Waals surface area contributed by atoms with Crippen LogP contribution >= 0.6 is 15.9 Å². The highest BCUT2D eigenvalue weighted by Crippen LogP contribution is 2.10. The Balaban J connectivity index is 2.72. The monoisotopic (exact) mass is 354 g/mol. The van der Waals surface area contributed by atoms with Crippen molar-refractivity contribution in [1.29, 1.82) is 0 Å². The summed E-state index contributed by atoms with van der Waals surface area (Å²) in [7, 11) is 0. The number of nitrogens with zero attached hydrogens (tertiary/aromatic N) is 1. The summed E-state index contributed by atoms with van der Waals surface area (Å²) in [5, 5.41) is 13.0. The molecule has 1 rings (SSSR count). The maximum Gasteiger partial charge on any atom is 0.343 e. The van der Waals surface area contributed by atoms with Crippen LogP contribution < -0.4 is 5.43 Å². The van der Waals surface area contributed by atoms with Crippen LogP contribution in [0.1, 0.15) is 24.2 Å². The maximum absolute atomic E-state index is 11.8. The molecule has 1 aromatic carbocycles. The smallest absolute Gasteiger partial charge is 0.343 e. The molecule has 0 unspecified atom stereocenters. The fourth-order valence-corrected chi connectivity index (χ4v) is 1.59. The van der Waals surface area contributed by atoms with E-state index in [4.69, 9.17) is 4.74 Å². The topological polar surface area (TPSA) is 88.0 Å². The van der Waals surface area contributed by atoms with E-state index < -0.39 is 11.9 Å². The summed E-state index contributed by atoms with van der Waals surface area (Å²) in [6, 6.07) is 6.68. The van der Waals surface area contributed by atoms with Gasteiger partial charge in [-0.25, -0.2) is 10.2 Å². The molecule has 6 nitrogen and oxygen atoms in total. The van der Waals surface area contributed by atoms with Crippen molar-refractivity contribution in [2.24, 2.45) is 5.10 Å². The minimum Gasteiger partial charge on any atom is -0.512 e. The van der Waals surface area contributed by atoms with Gasteiger partial charge in [-0.1, -0.05) is 15.9 Å². The first-order chi connectivity index (χ1) is 9.95. The highest BCUT2D eigenvalue weighted by Gasteiger charge is 2.12. The number of amides is 1. The van der Waals surface area contributed by atoms with Crippen molar-refractivity contribution in [3.8, 4) is 0 Å². The lowest BCUT2D eigenvalue weighted by atomic mass is 10.2. The summed E-state index contributed by atoms with van der Waals surface area (Å²) in [6.45, 7) is 3.15. The number of aliphatic hydroxyl groups excluding tert-OH is 1. The van der Waals surface area contributed by atoms with E-state index in [1.807, 2.05) is 0 Å². The lowest BCUT2D eigenvalue weighted by Crippen LogP contribution is -2.19. The SMILES string of the molecule is CCOC(=O)C(/C=N/NC(=O)c1ccc(Br)cc1)=C(\C)O. The second kappa shape index (κ2) is 8.21. The normalized spacial score (nSPS) is 12.0. The van der Waals surface area contributed by atoms with Gasteiger partial charge in [0.1, 0.15) is 11.3 Å². The molecule has 0 heterocycles. The second-order valence-corrected chi connectivity index (χ2v) is 4.84. The number of halogens is 1. The fourth-order valence-electron chi connectivity index (χ4n) is 1.32. The second-order valence-electron chi connectivity index (χ2n) is 3.93. The van der Waals surface area contributed by atoms with Gasteiger partial charge in [-0.2, -0.15) is 5.10 Å². The van der Waals surface area contributed by atoms with Gasteiger partial charge < -0.3 is 9.84 Å². The summed E-state index contributed by atoms with van der Waals surface area (Å²) in [4.78, 5) is 23.3. The lowest BCUT2D eigenvalue weighted by molar-refractivity contribution is -0.138. The molecule has 21 heavy (non-hydrogen) atoms. The molecule has 1 amide bonds. The molecule has 2 N–H and O–H groups in total. The number of esters is 1. The number of allylic oxidation sites excluding steroid dienone is 1. The maximum atomic E-state index is 11.8. The van der Waals surface area contributed by atoms with Gasteiger partial charge in [0.25, 0.3) is 5.91 Å². The highest BCUT2D eigenvalue weighted by atomic mass is 79.9. The Hall–Kier alpha value is -2.15. The van der Waals surface area contributed by atoms with Crippen molar-refractivity contribution in [3.63, 3.8) is 0 Å². The van der Waals surface area contributed by atoms with Gasteiger partial charge in [-0.15, -0.1) is 0 Å². The van der Waals surface area contributed by atoms with E-state index in [-0.39, 0.29) is 17.9 Å². The van der Waals surface area contributed by atoms with Crippen LogP contribution in [0.4, 0.5) is 0 Å². The Morgan fingerprint density at radius 3 is 2.52 bits per heavy atom. The van der Waals surface area contributed by atoms with Crippen LogP contribution in [-0.2, 0) is 9.53 Å². The van der Waals surface area contributed by atoms with E-state index in [0.29, 0.717) is 5.56 Å². The number of hydrogen-bond donors (Lipinski definition) is 2. The van der Waals surface area contributed by atoms with Crippen LogP contribution in [0.15, 0.2) is 45.2 Å². The van der Waals surface area contributed by atoms with Gasteiger partial charge in [-0.3, -0.25) is 4.79 Å². The fraction of sp³-hybridized carbons (Fsp3) is 0.214. The van der Waals surface area contributed by atoms with Gasteiger partial charge in [0.2, 0.25) is 0 Å². The Bertz CT molecular complexity index is 575. The molecule has 0 atom stereocenters. The van der Waals surface area contributed by atoms with Gasteiger partial charge in [0.05, 0.1) is 12.8 Å². The molecule has 0 aliphatic carbocycles. The van der Waals surface area contributed by atoms with E-state index in [0.717, 1.165) is 10.7 Å². The van der Waals surface area contributed by atoms with E-state index >= 15 is 0 Å². The summed E-state index contributed by atoms with van der Waals surface area (Å²) in [5.74, 6) is -1.38. The zero-order valence-corrected chi connectivity index (χ0v) is 13.2. The first-order valence-corrected chi connectivity index (χ1v) is 6.91. The Kier molecular flexibility index (Phi) is 6.61. The molecular formula is C14H15BrN2O4. The number of hydrazone groups is 1. The van der Waals surface area contributed by atoms with Crippen LogP contribution in [0.25, 0.3) is 0 Å². The molecule has 0 saturated heterocycles. The molecular weight excluding hydrogens is 340 g/mol. The third kappa shape index (κ3) is 5.39. The average Bonchev–Trinajstić information content (AvgIpc) is 2.43. The standard InChI is InChI=1S/C14H15BrN2O4/c1-3-21-14(20)12(9(2)18)8-16-17-13(19)10-4-6-11(15)7-5-10/h4-8,18H,3H2,1-2H3,(H,17,19)/b12-9+,16-8+. The van der Waals surface area contributed by atoms with Crippen LogP contribution in [0, 0.1) is 0 Å². The van der Waals surface area contributed by atoms with E-state index in [9.17, 15) is 14.7 Å². The largest absolute Gasteiger partial charge is 0.512 e. The Morgan fingerprint density at radius 2 is 2.00 bits per heavy atom. The summed E-state index contributed by atoms with van der Waals surface area (Å²) >= 11 is 3.27. The van der Waals surface area contributed by atoms with Crippen LogP contribution in [0.5, 0.6) is 0 Å². The number of ether oxygens (including phenoxy) is 1. The Morgan fingerprint density at radius 1 is 1.38 bits per heavy atom. The molecule has 0 saturated carbocycles. The zero-order chi connectivity index (χ0) is 15.8. The summed E-state index contributed by atoms with van der Waals surface area (Å²) in [6.07, 6.45) is 1.05. The molecule has 0 aliphatic rings. The molecule has 112 valence electrons. The Labute approximate surface area is 130 Å². The molecule has 0 fully saturated rings. The first-order valence-electron chi connectivity index (χ1n) is 6.11. The number of carbonyl (C=O) groups excluding carboxylic acids is 2. The van der Waals surface area contributed by atoms with Crippen molar-refractivity contribution < 1.29 is 19.4 Å². The van der Waals surface area contributed by atoms with Gasteiger partial charge in [0, 0.05) is 10.0 Å². The van der Waals surface area contributed by atoms with Crippen molar-refractivity contribution in [1.82, 2.24) is 5.43 Å². The van der Waals surface area contributed by atoms with Gasteiger partial charge in [-0.05, 0) is 38.1 Å². The van der Waals surface area contributed by atoms with E-state index in [1.165, 1.54) is 6.92 Å². The zero-order valence-electron chi connectivity index (χ0n) is 11.6. The lowest BCUT2D eigenvalue weighted by Gasteiger charge is -2.03. The van der Waals surface area contributed by atoms with Gasteiger partial charge in [0.15, 0.2) is 0 Å². The molecule has 0 bridgehead atoms. The quantitative estimate of drug-likeness (QED) is 0.279. The van der Waals surface area contributed by atoms with Crippen LogP contribution in [-0.4, -0.2) is 29.8 Å². The third-order valence-corrected chi connectivity index (χ3v) is 2.88. The van der Waals surface area contributed by atoms with E-state index in [2.05, 4.69) is 26.5 Å². The molecule has 7 heteroatoms. The van der Waals surface area contributed by atoms with E-state index in [1.54, 1.807) is 31.2 Å². The predicted octanol–water partition coefficient (Wildman–Crippen LogP) is 2.56. The molecule has 0 spiro atoms.